The average Bonchev–Trinajstić information content (AvgIpc) is 3.21. The minimum Gasteiger partial charge on any atom is -0.468 e. The molecule has 5 rings (SSSR count). The summed E-state index contributed by atoms with van der Waals surface area (Å²) in [6, 6.07) is 1.94. The predicted octanol–water partition coefficient (Wildman–Crippen LogP) is 6.75. The molecule has 0 saturated heterocycles. The smallest absolute Gasteiger partial charge is 0.303 e. The number of fused-ring (bicyclic) bond motifs is 7. The summed E-state index contributed by atoms with van der Waals surface area (Å²) in [5.74, 6) is 1.65. The lowest BCUT2D eigenvalue weighted by molar-refractivity contribution is -0.224. The van der Waals surface area contributed by atoms with Crippen molar-refractivity contribution in [2.24, 2.45) is 34.0 Å². The number of carbonyl (C=O) groups excluding carboxylic acids is 2. The van der Waals surface area contributed by atoms with E-state index in [4.69, 9.17) is 13.9 Å². The van der Waals surface area contributed by atoms with Crippen molar-refractivity contribution in [2.45, 2.75) is 111 Å². The number of carbonyl (C=O) groups is 2. The number of esters is 2. The molecule has 4 aliphatic carbocycles. The van der Waals surface area contributed by atoms with Crippen LogP contribution in [0.15, 0.2) is 16.7 Å². The van der Waals surface area contributed by atoms with Gasteiger partial charge in [0.15, 0.2) is 0 Å². The highest BCUT2D eigenvalue weighted by molar-refractivity contribution is 5.67. The summed E-state index contributed by atoms with van der Waals surface area (Å²) in [5, 5.41) is 0. The van der Waals surface area contributed by atoms with Crippen molar-refractivity contribution in [3.63, 3.8) is 0 Å². The molecule has 5 nitrogen and oxygen atoms in total. The van der Waals surface area contributed by atoms with Gasteiger partial charge < -0.3 is 13.9 Å². The molecule has 0 aromatic carbocycles. The van der Waals surface area contributed by atoms with Crippen molar-refractivity contribution in [1.29, 1.82) is 0 Å². The number of hydrogen-bond acceptors (Lipinski definition) is 5. The fourth-order valence-corrected chi connectivity index (χ4v) is 9.86. The average molecular weight is 471 g/mol. The number of rotatable bonds is 2. The van der Waals surface area contributed by atoms with Gasteiger partial charge in [-0.05, 0) is 85.5 Å². The maximum atomic E-state index is 12.4. The molecule has 4 aliphatic rings. The van der Waals surface area contributed by atoms with Crippen molar-refractivity contribution in [1.82, 2.24) is 0 Å². The summed E-state index contributed by atoms with van der Waals surface area (Å²) in [4.78, 5) is 24.4. The van der Waals surface area contributed by atoms with Gasteiger partial charge in [0.2, 0.25) is 0 Å². The van der Waals surface area contributed by atoms with Crippen molar-refractivity contribution >= 4 is 11.9 Å². The van der Waals surface area contributed by atoms with E-state index in [1.54, 1.807) is 6.26 Å². The lowest BCUT2D eigenvalue weighted by atomic mass is 9.35. The van der Waals surface area contributed by atoms with Gasteiger partial charge in [-0.25, -0.2) is 0 Å². The molecule has 1 heterocycles. The molecule has 0 radical (unpaired) electrons. The molecule has 0 unspecified atom stereocenters. The van der Waals surface area contributed by atoms with E-state index in [9.17, 15) is 9.59 Å². The molecule has 188 valence electrons. The first-order chi connectivity index (χ1) is 15.8. The first-order valence-electron chi connectivity index (χ1n) is 13.3. The summed E-state index contributed by atoms with van der Waals surface area (Å²) in [7, 11) is 0. The van der Waals surface area contributed by atoms with Gasteiger partial charge in [0.05, 0.1) is 11.7 Å². The molecule has 0 spiro atoms. The van der Waals surface area contributed by atoms with Gasteiger partial charge in [0.1, 0.15) is 18.0 Å². The third-order valence-corrected chi connectivity index (χ3v) is 11.1. The van der Waals surface area contributed by atoms with E-state index in [0.717, 1.165) is 30.6 Å². The van der Waals surface area contributed by atoms with Gasteiger partial charge in [-0.1, -0.05) is 34.1 Å². The van der Waals surface area contributed by atoms with Crippen LogP contribution in [0.2, 0.25) is 0 Å². The van der Waals surface area contributed by atoms with E-state index >= 15 is 0 Å². The second kappa shape index (κ2) is 7.61. The quantitative estimate of drug-likeness (QED) is 0.448. The molecule has 34 heavy (non-hydrogen) atoms. The molecule has 1 aromatic rings. The normalized spacial score (nSPS) is 44.6. The van der Waals surface area contributed by atoms with Crippen LogP contribution in [0.3, 0.4) is 0 Å². The third kappa shape index (κ3) is 3.17. The Balaban J connectivity index is 1.66. The summed E-state index contributed by atoms with van der Waals surface area (Å²) in [6.07, 6.45) is 8.90. The molecular weight excluding hydrogens is 428 g/mol. The van der Waals surface area contributed by atoms with Crippen LogP contribution in [0.1, 0.15) is 111 Å². The van der Waals surface area contributed by atoms with Crippen LogP contribution in [0.25, 0.3) is 0 Å². The summed E-state index contributed by atoms with van der Waals surface area (Å²) >= 11 is 0. The molecule has 0 bridgehead atoms. The Labute approximate surface area is 204 Å². The van der Waals surface area contributed by atoms with Crippen LogP contribution in [0.5, 0.6) is 0 Å². The SMILES string of the molecule is CC(=O)O[C@H]1C[C@H]2[C@]3(C)CC[C@H]4C(C)(C)CCC[C@]4(C)[C@H]3C[C@H](OC(C)=O)[C@]2(C)c2occc21. The first-order valence-corrected chi connectivity index (χ1v) is 13.3. The molecule has 8 atom stereocenters. The van der Waals surface area contributed by atoms with Gasteiger partial charge in [-0.2, -0.15) is 0 Å². The Hall–Kier alpha value is -1.78. The Morgan fingerprint density at radius 1 is 0.882 bits per heavy atom. The fraction of sp³-hybridized carbons (Fsp3) is 0.793. The molecule has 0 N–H and O–H groups in total. The Morgan fingerprint density at radius 2 is 1.56 bits per heavy atom. The van der Waals surface area contributed by atoms with E-state index in [1.165, 1.54) is 39.5 Å². The molecule has 3 saturated carbocycles. The van der Waals surface area contributed by atoms with E-state index in [1.807, 2.05) is 6.07 Å². The summed E-state index contributed by atoms with van der Waals surface area (Å²) in [5.41, 5.74) is 1.07. The highest BCUT2D eigenvalue weighted by Gasteiger charge is 2.69. The van der Waals surface area contributed by atoms with Gasteiger partial charge >= 0.3 is 11.9 Å². The molecule has 3 fully saturated rings. The van der Waals surface area contributed by atoms with Crippen LogP contribution in [0.4, 0.5) is 0 Å². The molecule has 5 heteroatoms. The third-order valence-electron chi connectivity index (χ3n) is 11.1. The lowest BCUT2D eigenvalue weighted by Crippen LogP contribution is -2.67. The highest BCUT2D eigenvalue weighted by atomic mass is 16.5. The maximum absolute atomic E-state index is 12.4. The Bertz CT molecular complexity index is 992. The Kier molecular flexibility index (Phi) is 5.36. The van der Waals surface area contributed by atoms with Crippen LogP contribution < -0.4 is 0 Å². The largest absolute Gasteiger partial charge is 0.468 e. The molecule has 0 amide bonds. The van der Waals surface area contributed by atoms with E-state index < -0.39 is 5.41 Å². The van der Waals surface area contributed by atoms with Crippen LogP contribution >= 0.6 is 0 Å². The zero-order chi connectivity index (χ0) is 24.7. The van der Waals surface area contributed by atoms with E-state index in [0.29, 0.717) is 17.3 Å². The lowest BCUT2D eigenvalue weighted by Gasteiger charge is -2.69. The fourth-order valence-electron chi connectivity index (χ4n) is 9.86. The van der Waals surface area contributed by atoms with Gasteiger partial charge in [0, 0.05) is 19.4 Å². The summed E-state index contributed by atoms with van der Waals surface area (Å²) < 4.78 is 18.2. The standard InChI is InChI=1S/C29H42O5/c1-17(30)33-20-15-23-28(6)13-9-21-26(3,4)11-8-12-27(21,5)22(28)16-24(34-18(2)31)29(23,7)25-19(20)10-14-32-25/h10,14,20-24H,8-9,11-13,15-16H2,1-7H3/t20-,21-,22+,23-,24-,27-,28+,29+/m0/s1. The topological polar surface area (TPSA) is 65.7 Å². The first kappa shape index (κ1) is 23.9. The second-order valence-corrected chi connectivity index (χ2v) is 13.2. The van der Waals surface area contributed by atoms with Crippen molar-refractivity contribution in [3.8, 4) is 0 Å². The van der Waals surface area contributed by atoms with Crippen molar-refractivity contribution < 1.29 is 23.5 Å². The van der Waals surface area contributed by atoms with Gasteiger partial charge in [0.25, 0.3) is 0 Å². The zero-order valence-corrected chi connectivity index (χ0v) is 22.0. The van der Waals surface area contributed by atoms with Crippen LogP contribution in [0, 0.1) is 34.0 Å². The maximum Gasteiger partial charge on any atom is 0.303 e. The van der Waals surface area contributed by atoms with Crippen LogP contribution in [-0.2, 0) is 24.5 Å². The van der Waals surface area contributed by atoms with Crippen LogP contribution in [-0.4, -0.2) is 18.0 Å². The molecular formula is C29H42O5. The Morgan fingerprint density at radius 3 is 2.24 bits per heavy atom. The molecule has 1 aromatic heterocycles. The number of hydrogen-bond donors (Lipinski definition) is 0. The summed E-state index contributed by atoms with van der Waals surface area (Å²) in [6.45, 7) is 15.2. The van der Waals surface area contributed by atoms with E-state index in [-0.39, 0.29) is 40.9 Å². The number of ether oxygens (including phenoxy) is 2. The van der Waals surface area contributed by atoms with E-state index in [2.05, 4.69) is 34.6 Å². The predicted molar refractivity (Wildman–Crippen MR) is 129 cm³/mol. The van der Waals surface area contributed by atoms with Crippen molar-refractivity contribution in [3.05, 3.63) is 23.7 Å². The number of furan rings is 1. The highest BCUT2D eigenvalue weighted by Crippen LogP contribution is 2.73. The monoisotopic (exact) mass is 470 g/mol. The molecule has 0 aliphatic heterocycles. The van der Waals surface area contributed by atoms with Crippen molar-refractivity contribution in [2.75, 3.05) is 0 Å². The zero-order valence-electron chi connectivity index (χ0n) is 22.0. The minimum atomic E-state index is -0.445. The van der Waals surface area contributed by atoms with Gasteiger partial charge in [-0.15, -0.1) is 0 Å². The second-order valence-electron chi connectivity index (χ2n) is 13.2. The van der Waals surface area contributed by atoms with Gasteiger partial charge in [-0.3, -0.25) is 9.59 Å². The minimum absolute atomic E-state index is 0.0486.